The molecule has 0 saturated carbocycles. The Labute approximate surface area is 102 Å². The predicted molar refractivity (Wildman–Crippen MR) is 70.6 cm³/mol. The quantitative estimate of drug-likeness (QED) is 0.769. The molecule has 1 heterocycles. The van der Waals surface area contributed by atoms with Crippen molar-refractivity contribution in [1.82, 2.24) is 0 Å². The smallest absolute Gasteiger partial charge is 0.143 e. The lowest BCUT2D eigenvalue weighted by Crippen LogP contribution is -2.31. The van der Waals surface area contributed by atoms with E-state index >= 15 is 0 Å². The van der Waals surface area contributed by atoms with E-state index in [0.29, 0.717) is 12.4 Å². The normalized spacial score (nSPS) is 16.8. The van der Waals surface area contributed by atoms with E-state index in [9.17, 15) is 5.11 Å². The highest BCUT2D eigenvalue weighted by molar-refractivity contribution is 5.84. The first-order valence-electron chi connectivity index (χ1n) is 5.91. The van der Waals surface area contributed by atoms with Crippen molar-refractivity contribution in [3.05, 3.63) is 23.8 Å². The van der Waals surface area contributed by atoms with Crippen molar-refractivity contribution >= 4 is 11.3 Å². The summed E-state index contributed by atoms with van der Waals surface area (Å²) < 4.78 is 5.44. The number of benzene rings is 1. The number of hydrogen-bond acceptors (Lipinski definition) is 3. The Morgan fingerprint density at radius 1 is 1.35 bits per heavy atom. The van der Waals surface area contributed by atoms with E-state index in [1.807, 2.05) is 13.0 Å². The van der Waals surface area contributed by atoms with Gasteiger partial charge in [0.25, 0.3) is 0 Å². The molecular formula is C14H19NO2. The van der Waals surface area contributed by atoms with Gasteiger partial charge in [0, 0.05) is 11.6 Å². The summed E-state index contributed by atoms with van der Waals surface area (Å²) in [5.41, 5.74) is 2.81. The zero-order chi connectivity index (χ0) is 12.6. The monoisotopic (exact) mass is 233 g/mol. The number of aromatic hydroxyl groups is 1. The molecule has 92 valence electrons. The van der Waals surface area contributed by atoms with Crippen LogP contribution >= 0.6 is 0 Å². The fourth-order valence-corrected chi connectivity index (χ4v) is 2.27. The molecule has 0 aromatic heterocycles. The van der Waals surface area contributed by atoms with Gasteiger partial charge in [-0.05, 0) is 39.3 Å². The Hall–Kier alpha value is -1.64. The van der Waals surface area contributed by atoms with Crippen LogP contribution in [0.2, 0.25) is 0 Å². The molecule has 0 amide bonds. The third-order valence-electron chi connectivity index (χ3n) is 2.85. The van der Waals surface area contributed by atoms with Crippen LogP contribution in [0.1, 0.15) is 33.3 Å². The van der Waals surface area contributed by atoms with Crippen LogP contribution in [0.4, 0.5) is 5.69 Å². The first-order valence-corrected chi connectivity index (χ1v) is 5.91. The van der Waals surface area contributed by atoms with Gasteiger partial charge in [-0.25, -0.2) is 0 Å². The maximum absolute atomic E-state index is 10.0. The van der Waals surface area contributed by atoms with Crippen molar-refractivity contribution < 1.29 is 9.84 Å². The van der Waals surface area contributed by atoms with Gasteiger partial charge >= 0.3 is 0 Å². The first kappa shape index (κ1) is 11.8. The van der Waals surface area contributed by atoms with E-state index in [1.165, 1.54) is 0 Å². The summed E-state index contributed by atoms with van der Waals surface area (Å²) in [6.45, 7) is 8.74. The van der Waals surface area contributed by atoms with Gasteiger partial charge < -0.3 is 15.2 Å². The number of rotatable bonds is 2. The Morgan fingerprint density at radius 2 is 2.06 bits per heavy atom. The summed E-state index contributed by atoms with van der Waals surface area (Å²) in [5, 5.41) is 13.4. The van der Waals surface area contributed by atoms with Crippen LogP contribution in [0.15, 0.2) is 18.2 Å². The Kier molecular flexibility index (Phi) is 2.77. The van der Waals surface area contributed by atoms with E-state index in [1.54, 1.807) is 6.07 Å². The van der Waals surface area contributed by atoms with Gasteiger partial charge in [-0.2, -0.15) is 0 Å². The van der Waals surface area contributed by atoms with Crippen molar-refractivity contribution in [3.8, 4) is 11.5 Å². The maximum Gasteiger partial charge on any atom is 0.143 e. The van der Waals surface area contributed by atoms with E-state index in [4.69, 9.17) is 4.74 Å². The minimum absolute atomic E-state index is 0.137. The molecule has 0 bridgehead atoms. The fourth-order valence-electron chi connectivity index (χ4n) is 2.27. The molecule has 0 aliphatic carbocycles. The van der Waals surface area contributed by atoms with Gasteiger partial charge in [-0.1, -0.05) is 6.08 Å². The molecule has 0 fully saturated rings. The number of nitrogens with one attached hydrogen (secondary N) is 1. The predicted octanol–water partition coefficient (Wildman–Crippen LogP) is 3.40. The van der Waals surface area contributed by atoms with Crippen LogP contribution in [0.5, 0.6) is 11.5 Å². The molecule has 0 spiro atoms. The number of ether oxygens (including phenoxy) is 1. The van der Waals surface area contributed by atoms with Gasteiger partial charge in [0.2, 0.25) is 0 Å². The summed E-state index contributed by atoms with van der Waals surface area (Å²) in [7, 11) is 0. The second-order valence-corrected chi connectivity index (χ2v) is 4.97. The van der Waals surface area contributed by atoms with E-state index in [0.717, 1.165) is 16.8 Å². The van der Waals surface area contributed by atoms with Crippen molar-refractivity contribution in [2.24, 2.45) is 0 Å². The van der Waals surface area contributed by atoms with Crippen LogP contribution in [0.3, 0.4) is 0 Å². The lowest BCUT2D eigenvalue weighted by Gasteiger charge is -2.32. The molecule has 0 atom stereocenters. The molecule has 0 unspecified atom stereocenters. The Morgan fingerprint density at radius 3 is 2.71 bits per heavy atom. The van der Waals surface area contributed by atoms with Crippen LogP contribution in [0, 0.1) is 0 Å². The lowest BCUT2D eigenvalue weighted by molar-refractivity contribution is 0.337. The van der Waals surface area contributed by atoms with Gasteiger partial charge in [0.1, 0.15) is 11.5 Å². The average molecular weight is 233 g/mol. The summed E-state index contributed by atoms with van der Waals surface area (Å²) >= 11 is 0. The minimum atomic E-state index is -0.137. The molecular weight excluding hydrogens is 214 g/mol. The average Bonchev–Trinajstić information content (AvgIpc) is 2.19. The Bertz CT molecular complexity index is 475. The topological polar surface area (TPSA) is 41.5 Å². The van der Waals surface area contributed by atoms with Crippen molar-refractivity contribution in [3.63, 3.8) is 0 Å². The van der Waals surface area contributed by atoms with Gasteiger partial charge in [-0.15, -0.1) is 0 Å². The van der Waals surface area contributed by atoms with E-state index in [-0.39, 0.29) is 11.3 Å². The van der Waals surface area contributed by atoms with Gasteiger partial charge in [-0.3, -0.25) is 0 Å². The molecule has 2 rings (SSSR count). The van der Waals surface area contributed by atoms with Crippen LogP contribution < -0.4 is 10.1 Å². The van der Waals surface area contributed by atoms with Crippen LogP contribution in [0.25, 0.3) is 5.57 Å². The molecule has 2 N–H and O–H groups in total. The summed E-state index contributed by atoms with van der Waals surface area (Å²) in [6.07, 6.45) is 2.16. The molecule has 1 aromatic rings. The number of hydrogen-bond donors (Lipinski definition) is 2. The Balaban J connectivity index is 2.52. The molecule has 3 heteroatoms. The van der Waals surface area contributed by atoms with Crippen LogP contribution in [-0.2, 0) is 0 Å². The maximum atomic E-state index is 10.0. The highest BCUT2D eigenvalue weighted by Crippen LogP contribution is 2.41. The van der Waals surface area contributed by atoms with Crippen molar-refractivity contribution in [2.45, 2.75) is 33.2 Å². The number of fused-ring (bicyclic) bond motifs is 1. The van der Waals surface area contributed by atoms with Crippen molar-refractivity contribution in [1.29, 1.82) is 0 Å². The van der Waals surface area contributed by atoms with E-state index in [2.05, 4.69) is 32.2 Å². The third kappa shape index (κ3) is 2.23. The SMILES string of the molecule is CCOc1cc(O)c2c(c1)C(C)=CC(C)(C)N2. The molecule has 0 radical (unpaired) electrons. The second kappa shape index (κ2) is 3.99. The number of phenolic OH excluding ortho intramolecular Hbond substituents is 1. The summed E-state index contributed by atoms with van der Waals surface area (Å²) in [6, 6.07) is 3.62. The van der Waals surface area contributed by atoms with Crippen molar-refractivity contribution in [2.75, 3.05) is 11.9 Å². The third-order valence-corrected chi connectivity index (χ3v) is 2.85. The zero-order valence-corrected chi connectivity index (χ0v) is 10.8. The minimum Gasteiger partial charge on any atom is -0.506 e. The zero-order valence-electron chi connectivity index (χ0n) is 10.8. The molecule has 1 aromatic carbocycles. The first-order chi connectivity index (χ1) is 7.93. The largest absolute Gasteiger partial charge is 0.506 e. The number of allylic oxidation sites excluding steroid dienone is 1. The summed E-state index contributed by atoms with van der Waals surface area (Å²) in [5.74, 6) is 0.949. The molecule has 1 aliphatic rings. The highest BCUT2D eigenvalue weighted by Gasteiger charge is 2.25. The lowest BCUT2D eigenvalue weighted by atomic mass is 9.91. The molecule has 0 saturated heterocycles. The second-order valence-electron chi connectivity index (χ2n) is 4.97. The summed E-state index contributed by atoms with van der Waals surface area (Å²) in [4.78, 5) is 0. The number of phenols is 1. The molecule has 17 heavy (non-hydrogen) atoms. The highest BCUT2D eigenvalue weighted by atomic mass is 16.5. The fraction of sp³-hybridized carbons (Fsp3) is 0.429. The standard InChI is InChI=1S/C14H19NO2/c1-5-17-10-6-11-9(2)8-14(3,4)15-13(11)12(16)7-10/h6-8,15-16H,5H2,1-4H3. The van der Waals surface area contributed by atoms with Gasteiger partial charge in [0.05, 0.1) is 17.8 Å². The molecule has 1 aliphatic heterocycles. The van der Waals surface area contributed by atoms with E-state index < -0.39 is 0 Å². The van der Waals surface area contributed by atoms with Crippen LogP contribution in [-0.4, -0.2) is 17.3 Å². The molecule has 3 nitrogen and oxygen atoms in total. The van der Waals surface area contributed by atoms with Gasteiger partial charge in [0.15, 0.2) is 0 Å². The number of anilines is 1.